The van der Waals surface area contributed by atoms with Gasteiger partial charge in [-0.2, -0.15) is 0 Å². The third-order valence-corrected chi connectivity index (χ3v) is 23.9. The van der Waals surface area contributed by atoms with Gasteiger partial charge in [0.05, 0.1) is 51.9 Å². The van der Waals surface area contributed by atoms with Gasteiger partial charge in [-0.05, 0) is 101 Å². The third-order valence-electron chi connectivity index (χ3n) is 23.5. The Morgan fingerprint density at radius 1 is 0.401 bits per heavy atom. The zero-order valence-electron chi connectivity index (χ0n) is 76.8. The molecular weight excluding hydrogens is 1780 g/mol. The van der Waals surface area contributed by atoms with Crippen molar-refractivity contribution < 1.29 is 77.0 Å². The first-order valence-electron chi connectivity index (χ1n) is 43.7. The zero-order valence-corrected chi connectivity index (χ0v) is 77.5. The Kier molecular flexibility index (Phi) is 27.7. The molecule has 3 aromatic carbocycles. The molecule has 14 aromatic rings. The second-order valence-corrected chi connectivity index (χ2v) is 34.5. The molecule has 40 nitrogen and oxygen atoms in total. The van der Waals surface area contributed by atoms with Crippen LogP contribution in [0.25, 0.3) is 21.7 Å². The number of aryl methyl sites for hydroxylation is 10. The summed E-state index contributed by atoms with van der Waals surface area (Å²) in [7, 11) is 16.3. The molecule has 706 valence electrons. The van der Waals surface area contributed by atoms with Crippen LogP contribution < -0.4 is 47.4 Å². The van der Waals surface area contributed by atoms with E-state index in [-0.39, 0.29) is 205 Å². The molecule has 10 N–H and O–H groups in total. The second kappa shape index (κ2) is 40.0. The second-order valence-electron chi connectivity index (χ2n) is 34.2. The minimum absolute atomic E-state index is 0.0171. The highest BCUT2D eigenvalue weighted by molar-refractivity contribution is 6.20. The number of hydrogen-bond acceptors (Lipinski definition) is 20. The summed E-state index contributed by atoms with van der Waals surface area (Å²) in [5.41, 5.74) is 8.15. The quantitative estimate of drug-likeness (QED) is 0.00973. The Balaban J connectivity index is 0.440. The zero-order chi connectivity index (χ0) is 97.8. The predicted molar refractivity (Wildman–Crippen MR) is 507 cm³/mol. The van der Waals surface area contributed by atoms with Gasteiger partial charge in [0.25, 0.3) is 41.4 Å². The van der Waals surface area contributed by atoms with E-state index in [0.29, 0.717) is 85.5 Å². The van der Waals surface area contributed by atoms with Crippen LogP contribution in [0.3, 0.4) is 0 Å². The Morgan fingerprint density at radius 2 is 0.876 bits per heavy atom. The molecule has 9 amide bonds. The monoisotopic (exact) mass is 1880 g/mol. The summed E-state index contributed by atoms with van der Waals surface area (Å²) in [6, 6.07) is 25.8. The summed E-state index contributed by atoms with van der Waals surface area (Å²) in [5, 5.41) is 34.5. The van der Waals surface area contributed by atoms with E-state index in [9.17, 15) is 77.0 Å². The molecule has 0 bridgehead atoms. The van der Waals surface area contributed by atoms with Crippen LogP contribution in [0.2, 0.25) is 0 Å². The molecule has 1 aliphatic heterocycles. The van der Waals surface area contributed by atoms with Crippen LogP contribution in [-0.2, 0) is 122 Å². The average molecular weight is 1880 g/mol. The fourth-order valence-electron chi connectivity index (χ4n) is 17.1. The number of halogens is 1. The summed E-state index contributed by atoms with van der Waals surface area (Å²) in [6.45, 7) is 1.69. The molecule has 1 unspecified atom stereocenters. The molecule has 1 aliphatic rings. The molecule has 0 radical (unpaired) electrons. The van der Waals surface area contributed by atoms with Crippen LogP contribution >= 0.6 is 11.6 Å². The van der Waals surface area contributed by atoms with Crippen molar-refractivity contribution in [1.82, 2.24) is 81.2 Å². The van der Waals surface area contributed by atoms with Crippen molar-refractivity contribution in [2.45, 2.75) is 83.5 Å². The topological polar surface area (TPSA) is 492 Å². The standard InChI is InChI=1S/C96H99ClN24O16/c1-52(122)100-60-36-74(115(6)45-60)91(132)102-61-38-75(116(7)46-61)92(133)109-82-50-120(11)88(108-82)94(135)103-62-37-73(114(5)47-62)90(131)99-25-23-84(130)105-81-49-119(10)89(106-81)95(136)110-83-51-118(9)87(107-83)93(134)98-24-15-17-63(123)27-54-28-70(112(3)41-54)79(128)32-55-29-69(111(2)42-55)76(125)20-14-16-64(124)35-59-48-117(8)86(101-59)80(129)33-56-30-71(113(4)43-56)78(127)31-53-21-22-67-57(26-53)34-68(104-67)96(137)121-44-58(40-97)85-66-19-13-12-18-65(66)77(126)39-72(85)121/h12-13,18-19,21-22,26,28-30,34,36-39,41-43,45-51,58,104,126H,14-17,20,23-25,27,31-33,35,40,44H2,1-11H3,(H,98,134)(H,99,131)(H,100,122)(H,102,132)(H,103,135)(H,105,130)(H,109,133)(H,110,136). The maximum absolute atomic E-state index is 14.1. The lowest BCUT2D eigenvalue weighted by atomic mass is 9.95. The van der Waals surface area contributed by atoms with E-state index in [1.807, 2.05) is 42.5 Å². The molecule has 0 spiro atoms. The molecular formula is C96H99ClN24O16. The van der Waals surface area contributed by atoms with Gasteiger partial charge >= 0.3 is 0 Å². The van der Waals surface area contributed by atoms with Crippen molar-refractivity contribution in [2.75, 3.05) is 62.3 Å². The van der Waals surface area contributed by atoms with E-state index < -0.39 is 41.4 Å². The highest BCUT2D eigenvalue weighted by Crippen LogP contribution is 2.46. The molecule has 0 saturated heterocycles. The van der Waals surface area contributed by atoms with Gasteiger partial charge in [-0.1, -0.05) is 30.3 Å². The maximum atomic E-state index is 14.1. The summed E-state index contributed by atoms with van der Waals surface area (Å²) in [5.74, 6) is -5.79. The minimum atomic E-state index is -0.718. The highest BCUT2D eigenvalue weighted by Gasteiger charge is 2.37. The Hall–Kier alpha value is -16.7. The van der Waals surface area contributed by atoms with Crippen LogP contribution in [0.1, 0.15) is 201 Å². The number of anilines is 7. The lowest BCUT2D eigenvalue weighted by molar-refractivity contribution is -0.119. The van der Waals surface area contributed by atoms with Crippen molar-refractivity contribution >= 4 is 161 Å². The number of H-pyrrole nitrogens is 1. The SMILES string of the molecule is CC(=O)Nc1cc(C(=O)Nc2cc(C(=O)Nc3cn(C)c(C(=O)Nc4cc(C(=O)NCCC(=O)Nc5cn(C)c(C(=O)Nc6cn(C)c(C(=O)NCCCC(=O)Cc7cc(C(=O)Cc8cc(C(=O)CCCC(=O)Cc9cn(C)c(C(=O)Cc%10cc(C(=O)Cc%11ccc%12[nH]c(C(=O)N%13CC(CCl)c%14c%13cc(O)c%13ccccc%14%13)cc%12c%11)n(C)c%10)n9)n(C)c8)n(C)c7)n6)n5)n(C)c4)n3)n(C)c2)n(C)c1. The van der Waals surface area contributed by atoms with Gasteiger partial charge in [-0.25, -0.2) is 19.9 Å². The largest absolute Gasteiger partial charge is 0.507 e. The van der Waals surface area contributed by atoms with Crippen LogP contribution in [0, 0.1) is 0 Å². The number of carbonyl (C=O) groups excluding carboxylic acids is 15. The van der Waals surface area contributed by atoms with Crippen molar-refractivity contribution in [3.63, 3.8) is 0 Å². The molecule has 0 fully saturated rings. The fourth-order valence-corrected chi connectivity index (χ4v) is 17.3. The van der Waals surface area contributed by atoms with Gasteiger partial charge in [-0.3, -0.25) is 71.9 Å². The van der Waals surface area contributed by atoms with Gasteiger partial charge in [0.1, 0.15) is 40.1 Å². The maximum Gasteiger partial charge on any atom is 0.292 e. The molecule has 0 aliphatic carbocycles. The van der Waals surface area contributed by atoms with Crippen LogP contribution in [0.5, 0.6) is 5.75 Å². The van der Waals surface area contributed by atoms with Crippen molar-refractivity contribution in [3.8, 4) is 5.75 Å². The number of alkyl halides is 1. The van der Waals surface area contributed by atoms with Crippen LogP contribution in [-0.4, -0.2) is 189 Å². The number of aromatic hydroxyl groups is 1. The van der Waals surface area contributed by atoms with E-state index in [4.69, 9.17) is 11.6 Å². The number of phenols is 1. The smallest absolute Gasteiger partial charge is 0.292 e. The minimum Gasteiger partial charge on any atom is -0.507 e. The number of benzene rings is 3. The normalized spacial score (nSPS) is 12.3. The Morgan fingerprint density at radius 3 is 1.47 bits per heavy atom. The molecule has 137 heavy (non-hydrogen) atoms. The van der Waals surface area contributed by atoms with Crippen LogP contribution in [0.4, 0.5) is 40.2 Å². The number of nitrogens with one attached hydrogen (secondary N) is 9. The van der Waals surface area contributed by atoms with E-state index >= 15 is 0 Å². The molecule has 0 saturated carbocycles. The van der Waals surface area contributed by atoms with Gasteiger partial charge in [-0.15, -0.1) is 11.6 Å². The molecule has 11 aromatic heterocycles. The number of amides is 9. The van der Waals surface area contributed by atoms with E-state index in [1.165, 1.54) is 86.0 Å². The molecule has 1 atom stereocenters. The number of carbonyl (C=O) groups is 15. The lowest BCUT2D eigenvalue weighted by Crippen LogP contribution is -2.30. The summed E-state index contributed by atoms with van der Waals surface area (Å²) in [4.78, 5) is 222. The predicted octanol–water partition coefficient (Wildman–Crippen LogP) is 9.46. The fraction of sp³-hybridized carbons (Fsp3) is 0.281. The van der Waals surface area contributed by atoms with Gasteiger partial charge in [0.2, 0.25) is 35.1 Å². The lowest BCUT2D eigenvalue weighted by Gasteiger charge is -2.17. The van der Waals surface area contributed by atoms with Crippen molar-refractivity contribution in [2.24, 2.45) is 70.5 Å². The number of rotatable bonds is 39. The number of phenolic OH excluding ortho intramolecular Hbond substituents is 1. The van der Waals surface area contributed by atoms with E-state index in [1.54, 1.807) is 152 Å². The number of ketones is 6. The first-order chi connectivity index (χ1) is 65.3. The number of fused-ring (bicyclic) bond motifs is 4. The summed E-state index contributed by atoms with van der Waals surface area (Å²) >= 11 is 6.45. The first-order valence-corrected chi connectivity index (χ1v) is 44.3. The number of imidazole rings is 4. The number of aromatic amines is 1. The summed E-state index contributed by atoms with van der Waals surface area (Å²) < 4.78 is 15.2. The van der Waals surface area contributed by atoms with Gasteiger partial charge in [0, 0.05) is 245 Å². The average Bonchev–Trinajstić information content (AvgIpc) is 1.60. The Labute approximate surface area is 787 Å². The highest BCUT2D eigenvalue weighted by atomic mass is 35.5. The third kappa shape index (κ3) is 21.5. The summed E-state index contributed by atoms with van der Waals surface area (Å²) in [6.07, 6.45) is 16.1. The first kappa shape index (κ1) is 94.9. The number of Topliss-reactive ketones (excluding diaryl/α,β-unsaturated/α-hetero) is 6. The Bertz CT molecular complexity index is 7280. The number of hydrogen-bond donors (Lipinski definition) is 10. The van der Waals surface area contributed by atoms with Gasteiger partial charge < -0.3 is 103 Å². The molecule has 12 heterocycles. The number of aromatic nitrogens is 15. The molecule has 15 rings (SSSR count). The van der Waals surface area contributed by atoms with Crippen LogP contribution in [0.15, 0.2) is 153 Å². The van der Waals surface area contributed by atoms with E-state index in [2.05, 4.69) is 67.5 Å². The molecule has 41 heteroatoms. The van der Waals surface area contributed by atoms with Crippen molar-refractivity contribution in [3.05, 3.63) is 250 Å². The van der Waals surface area contributed by atoms with E-state index in [0.717, 1.165) is 21.9 Å². The van der Waals surface area contributed by atoms with Gasteiger partial charge in [0.15, 0.2) is 40.6 Å². The number of nitrogens with zero attached hydrogens (tertiary/aromatic N) is 15. The van der Waals surface area contributed by atoms with Crippen molar-refractivity contribution in [1.29, 1.82) is 0 Å².